The van der Waals surface area contributed by atoms with Gasteiger partial charge in [0, 0.05) is 9.50 Å². The van der Waals surface area contributed by atoms with Crippen molar-refractivity contribution >= 4 is 33.6 Å². The molecule has 0 nitrogen and oxygen atoms in total. The van der Waals surface area contributed by atoms with E-state index in [1.54, 1.807) is 0 Å². The van der Waals surface area contributed by atoms with Crippen LogP contribution in [0.4, 0.5) is 0 Å². The summed E-state index contributed by atoms with van der Waals surface area (Å²) >= 11 is 9.43. The van der Waals surface area contributed by atoms with Gasteiger partial charge in [0.2, 0.25) is 0 Å². The predicted molar refractivity (Wildman–Crippen MR) is 85.6 cm³/mol. The third-order valence-electron chi connectivity index (χ3n) is 3.53. The maximum atomic E-state index is 5.90. The lowest BCUT2D eigenvalue weighted by atomic mass is 10.0. The van der Waals surface area contributed by atoms with Crippen molar-refractivity contribution in [2.24, 2.45) is 0 Å². The van der Waals surface area contributed by atoms with E-state index in [-0.39, 0.29) is 0 Å². The number of hydrogen-bond acceptors (Lipinski definition) is 0. The average molecular weight is 334 g/mol. The van der Waals surface area contributed by atoms with Crippen LogP contribution < -0.4 is 0 Å². The Labute approximate surface area is 127 Å². The summed E-state index contributed by atoms with van der Waals surface area (Å²) in [5.41, 5.74) is 5.67. The maximum Gasteiger partial charge on any atom is 0.0406 e. The quantitative estimate of drug-likeness (QED) is 0.678. The minimum absolute atomic E-state index is 0.807. The second-order valence-corrected chi connectivity index (χ2v) is 6.30. The van der Waals surface area contributed by atoms with E-state index >= 15 is 0 Å². The van der Waals surface area contributed by atoms with E-state index in [1.807, 2.05) is 12.1 Å². The van der Waals surface area contributed by atoms with Gasteiger partial charge in [-0.25, -0.2) is 0 Å². The van der Waals surface area contributed by atoms with E-state index in [0.717, 1.165) is 24.3 Å². The molecule has 0 saturated heterocycles. The summed E-state index contributed by atoms with van der Waals surface area (Å²) in [6.45, 7) is 0. The van der Waals surface area contributed by atoms with Crippen LogP contribution in [0.3, 0.4) is 0 Å². The molecule has 0 bridgehead atoms. The largest absolute Gasteiger partial charge is 0.0843 e. The molecule has 1 aliphatic carbocycles. The molecule has 0 N–H and O–H groups in total. The molecule has 19 heavy (non-hydrogen) atoms. The van der Waals surface area contributed by atoms with Gasteiger partial charge in [0.15, 0.2) is 0 Å². The Morgan fingerprint density at radius 2 is 1.79 bits per heavy atom. The molecule has 0 fully saturated rings. The van der Waals surface area contributed by atoms with Gasteiger partial charge < -0.3 is 0 Å². The van der Waals surface area contributed by atoms with Gasteiger partial charge in [0.25, 0.3) is 0 Å². The highest BCUT2D eigenvalue weighted by Crippen LogP contribution is 2.30. The lowest BCUT2D eigenvalue weighted by molar-refractivity contribution is 0.917. The maximum absolute atomic E-state index is 5.90. The summed E-state index contributed by atoms with van der Waals surface area (Å²) < 4.78 is 1.17. The molecule has 96 valence electrons. The molecule has 2 heteroatoms. The fourth-order valence-corrected chi connectivity index (χ4v) is 3.03. The van der Waals surface area contributed by atoms with Crippen molar-refractivity contribution in [3.63, 3.8) is 0 Å². The summed E-state index contributed by atoms with van der Waals surface area (Å²) in [5, 5.41) is 0.807. The van der Waals surface area contributed by atoms with E-state index in [2.05, 4.69) is 52.3 Å². The van der Waals surface area contributed by atoms with Crippen molar-refractivity contribution in [1.82, 2.24) is 0 Å². The van der Waals surface area contributed by atoms with Gasteiger partial charge in [0.05, 0.1) is 0 Å². The number of fused-ring (bicyclic) bond motifs is 1. The number of benzene rings is 2. The Morgan fingerprint density at radius 3 is 2.58 bits per heavy atom. The highest BCUT2D eigenvalue weighted by molar-refractivity contribution is 9.10. The number of aryl methyl sites for hydroxylation is 1. The van der Waals surface area contributed by atoms with Crippen LogP contribution in [0, 0.1) is 0 Å². The highest BCUT2D eigenvalue weighted by Gasteiger charge is 2.12. The standard InChI is InChI=1S/C17H14BrCl/c18-16-6-5-14-9-13(10-15(14)11-16)2-1-12-3-7-17(19)8-4-12/h3-9,11H,1-2,10H2. The van der Waals surface area contributed by atoms with Gasteiger partial charge >= 0.3 is 0 Å². The van der Waals surface area contributed by atoms with Crippen molar-refractivity contribution in [3.05, 3.63) is 74.2 Å². The van der Waals surface area contributed by atoms with Gasteiger partial charge in [-0.1, -0.05) is 57.4 Å². The Kier molecular flexibility index (Phi) is 3.76. The number of hydrogen-bond donors (Lipinski definition) is 0. The molecule has 3 rings (SSSR count). The molecule has 0 amide bonds. The Bertz CT molecular complexity index is 626. The van der Waals surface area contributed by atoms with Crippen LogP contribution in [0.25, 0.3) is 6.08 Å². The van der Waals surface area contributed by atoms with Crippen LogP contribution in [0.15, 0.2) is 52.5 Å². The summed E-state index contributed by atoms with van der Waals surface area (Å²) in [4.78, 5) is 0. The van der Waals surface area contributed by atoms with Crippen molar-refractivity contribution < 1.29 is 0 Å². The molecular weight excluding hydrogens is 320 g/mol. The zero-order chi connectivity index (χ0) is 13.2. The van der Waals surface area contributed by atoms with Crippen LogP contribution >= 0.6 is 27.5 Å². The SMILES string of the molecule is Clc1ccc(CCC2=Cc3ccc(Br)cc3C2)cc1. The summed E-state index contributed by atoms with van der Waals surface area (Å²) in [6, 6.07) is 14.7. The topological polar surface area (TPSA) is 0 Å². The first-order chi connectivity index (χ1) is 9.20. The predicted octanol–water partition coefficient (Wildman–Crippen LogP) is 5.67. The first-order valence-electron chi connectivity index (χ1n) is 6.43. The summed E-state index contributed by atoms with van der Waals surface area (Å²) in [6.07, 6.45) is 5.62. The minimum Gasteiger partial charge on any atom is -0.0843 e. The minimum atomic E-state index is 0.807. The fourth-order valence-electron chi connectivity index (χ4n) is 2.50. The second kappa shape index (κ2) is 5.52. The monoisotopic (exact) mass is 332 g/mol. The molecule has 0 saturated carbocycles. The lowest BCUT2D eigenvalue weighted by Gasteiger charge is -2.03. The van der Waals surface area contributed by atoms with Crippen LogP contribution in [0.1, 0.15) is 23.1 Å². The molecule has 0 aliphatic heterocycles. The molecule has 2 aromatic rings. The van der Waals surface area contributed by atoms with Crippen molar-refractivity contribution in [2.75, 3.05) is 0 Å². The van der Waals surface area contributed by atoms with E-state index < -0.39 is 0 Å². The Balaban J connectivity index is 1.65. The van der Waals surface area contributed by atoms with Crippen LogP contribution in [-0.4, -0.2) is 0 Å². The molecule has 0 unspecified atom stereocenters. The van der Waals surface area contributed by atoms with Crippen molar-refractivity contribution in [1.29, 1.82) is 0 Å². The molecular formula is C17H14BrCl. The van der Waals surface area contributed by atoms with Crippen LogP contribution in [0.5, 0.6) is 0 Å². The smallest absolute Gasteiger partial charge is 0.0406 e. The molecule has 0 spiro atoms. The van der Waals surface area contributed by atoms with E-state index in [9.17, 15) is 0 Å². The zero-order valence-electron chi connectivity index (χ0n) is 10.5. The summed E-state index contributed by atoms with van der Waals surface area (Å²) in [5.74, 6) is 0. The fraction of sp³-hybridized carbons (Fsp3) is 0.176. The second-order valence-electron chi connectivity index (χ2n) is 4.95. The number of rotatable bonds is 3. The van der Waals surface area contributed by atoms with Crippen LogP contribution in [0.2, 0.25) is 5.02 Å². The molecule has 0 heterocycles. The first-order valence-corrected chi connectivity index (χ1v) is 7.60. The third kappa shape index (κ3) is 3.10. The van der Waals surface area contributed by atoms with Crippen LogP contribution in [-0.2, 0) is 12.8 Å². The van der Waals surface area contributed by atoms with Crippen molar-refractivity contribution in [3.8, 4) is 0 Å². The third-order valence-corrected chi connectivity index (χ3v) is 4.28. The van der Waals surface area contributed by atoms with Gasteiger partial charge in [-0.15, -0.1) is 0 Å². The molecule has 0 aromatic heterocycles. The summed E-state index contributed by atoms with van der Waals surface area (Å²) in [7, 11) is 0. The van der Waals surface area contributed by atoms with E-state index in [1.165, 1.54) is 26.7 Å². The highest BCUT2D eigenvalue weighted by atomic mass is 79.9. The van der Waals surface area contributed by atoms with Gasteiger partial charge in [-0.2, -0.15) is 0 Å². The molecule has 0 radical (unpaired) electrons. The van der Waals surface area contributed by atoms with Crippen molar-refractivity contribution in [2.45, 2.75) is 19.3 Å². The van der Waals surface area contributed by atoms with Gasteiger partial charge in [-0.05, 0) is 60.2 Å². The van der Waals surface area contributed by atoms with Gasteiger partial charge in [-0.3, -0.25) is 0 Å². The molecule has 2 aromatic carbocycles. The van der Waals surface area contributed by atoms with E-state index in [4.69, 9.17) is 11.6 Å². The Hall–Kier alpha value is -1.05. The average Bonchev–Trinajstić information content (AvgIpc) is 2.80. The number of halogens is 2. The first kappa shape index (κ1) is 13.0. The Morgan fingerprint density at radius 1 is 1.00 bits per heavy atom. The van der Waals surface area contributed by atoms with E-state index in [0.29, 0.717) is 0 Å². The van der Waals surface area contributed by atoms with Gasteiger partial charge in [0.1, 0.15) is 0 Å². The lowest BCUT2D eigenvalue weighted by Crippen LogP contribution is -1.90. The molecule has 1 aliphatic rings. The number of allylic oxidation sites excluding steroid dienone is 1. The molecule has 0 atom stereocenters. The normalized spacial score (nSPS) is 13.3. The zero-order valence-corrected chi connectivity index (χ0v) is 12.8.